The Morgan fingerprint density at radius 3 is 2.54 bits per heavy atom. The van der Waals surface area contributed by atoms with Gasteiger partial charge in [-0.2, -0.15) is 4.98 Å². The van der Waals surface area contributed by atoms with Gasteiger partial charge in [0, 0.05) is 30.5 Å². The molecular weight excluding hydrogens is 470 g/mol. The van der Waals surface area contributed by atoms with E-state index in [1.807, 2.05) is 31.2 Å². The van der Waals surface area contributed by atoms with E-state index in [0.29, 0.717) is 29.8 Å². The lowest BCUT2D eigenvalue weighted by Gasteiger charge is -2.29. The third-order valence-corrected chi connectivity index (χ3v) is 5.99. The van der Waals surface area contributed by atoms with E-state index < -0.39 is 0 Å². The first-order valence-electron chi connectivity index (χ1n) is 12.3. The Bertz CT molecular complexity index is 1250. The van der Waals surface area contributed by atoms with E-state index in [1.165, 1.54) is 6.08 Å². The van der Waals surface area contributed by atoms with Crippen molar-refractivity contribution in [2.45, 2.75) is 32.3 Å². The van der Waals surface area contributed by atoms with E-state index >= 15 is 0 Å². The number of carbonyl (C=O) groups excluding carboxylic acids is 2. The van der Waals surface area contributed by atoms with Crippen LogP contribution < -0.4 is 20.1 Å². The number of nitrogens with one attached hydrogen (secondary N) is 2. The van der Waals surface area contributed by atoms with Crippen molar-refractivity contribution in [1.29, 1.82) is 0 Å². The lowest BCUT2D eigenvalue weighted by molar-refractivity contribution is -0.111. The number of aldehydes is 1. The number of anilines is 3. The third kappa shape index (κ3) is 6.92. The number of nitrogens with zero attached hydrogens (tertiary/aromatic N) is 3. The summed E-state index contributed by atoms with van der Waals surface area (Å²) in [6.45, 7) is 7.43. The molecule has 1 amide bonds. The van der Waals surface area contributed by atoms with Gasteiger partial charge in [0.05, 0.1) is 0 Å². The molecule has 1 aliphatic rings. The van der Waals surface area contributed by atoms with E-state index in [0.717, 1.165) is 37.4 Å². The van der Waals surface area contributed by atoms with E-state index in [9.17, 15) is 9.59 Å². The molecule has 9 heteroatoms. The first-order chi connectivity index (χ1) is 18.0. The van der Waals surface area contributed by atoms with Gasteiger partial charge in [-0.1, -0.05) is 19.6 Å². The fourth-order valence-corrected chi connectivity index (χ4v) is 3.95. The molecule has 0 radical (unpaired) electrons. The molecule has 2 aromatic carbocycles. The summed E-state index contributed by atoms with van der Waals surface area (Å²) in [6.07, 6.45) is 4.60. The lowest BCUT2D eigenvalue weighted by atomic mass is 10.1. The maximum atomic E-state index is 11.8. The minimum absolute atomic E-state index is 0.183. The van der Waals surface area contributed by atoms with Gasteiger partial charge in [-0.25, -0.2) is 4.98 Å². The third-order valence-electron chi connectivity index (χ3n) is 5.99. The van der Waals surface area contributed by atoms with Crippen LogP contribution in [0.5, 0.6) is 17.4 Å². The lowest BCUT2D eigenvalue weighted by Crippen LogP contribution is -2.35. The summed E-state index contributed by atoms with van der Waals surface area (Å²) in [5, 5.41) is 5.86. The average molecular weight is 502 g/mol. The highest BCUT2D eigenvalue weighted by atomic mass is 16.5. The highest BCUT2D eigenvalue weighted by Crippen LogP contribution is 2.29. The minimum Gasteiger partial charge on any atom is -0.490 e. The van der Waals surface area contributed by atoms with Gasteiger partial charge < -0.3 is 25.0 Å². The van der Waals surface area contributed by atoms with Crippen molar-refractivity contribution < 1.29 is 19.1 Å². The van der Waals surface area contributed by atoms with Gasteiger partial charge in [-0.3, -0.25) is 9.59 Å². The van der Waals surface area contributed by atoms with Gasteiger partial charge in [0.2, 0.25) is 11.8 Å². The van der Waals surface area contributed by atoms with Crippen molar-refractivity contribution in [3.8, 4) is 17.4 Å². The molecule has 0 spiro atoms. The van der Waals surface area contributed by atoms with Crippen molar-refractivity contribution >= 4 is 29.4 Å². The zero-order chi connectivity index (χ0) is 26.2. The average Bonchev–Trinajstić information content (AvgIpc) is 2.91. The second-order valence-corrected chi connectivity index (χ2v) is 8.77. The molecule has 9 nitrogen and oxygen atoms in total. The first-order valence-corrected chi connectivity index (χ1v) is 12.3. The summed E-state index contributed by atoms with van der Waals surface area (Å²) in [5.74, 6) is 1.49. The van der Waals surface area contributed by atoms with Crippen LogP contribution in [-0.4, -0.2) is 53.3 Å². The number of aryl methyl sites for hydroxylation is 1. The van der Waals surface area contributed by atoms with Crippen LogP contribution in [0.25, 0.3) is 0 Å². The molecule has 0 bridgehead atoms. The van der Waals surface area contributed by atoms with E-state index in [2.05, 4.69) is 39.1 Å². The Morgan fingerprint density at radius 1 is 1.11 bits per heavy atom. The molecule has 1 aromatic heterocycles. The van der Waals surface area contributed by atoms with Crippen LogP contribution in [0.4, 0.5) is 17.2 Å². The van der Waals surface area contributed by atoms with Gasteiger partial charge in [-0.15, -0.1) is 0 Å². The Labute approximate surface area is 216 Å². The van der Waals surface area contributed by atoms with Gasteiger partial charge in [0.25, 0.3) is 0 Å². The van der Waals surface area contributed by atoms with Crippen LogP contribution >= 0.6 is 0 Å². The molecule has 0 saturated carbocycles. The molecule has 192 valence electrons. The molecule has 4 rings (SSSR count). The fourth-order valence-electron chi connectivity index (χ4n) is 3.95. The number of rotatable bonds is 10. The molecule has 1 fully saturated rings. The van der Waals surface area contributed by atoms with E-state index in [1.54, 1.807) is 24.3 Å². The second-order valence-electron chi connectivity index (χ2n) is 8.77. The van der Waals surface area contributed by atoms with E-state index in [4.69, 9.17) is 9.47 Å². The number of aromatic nitrogens is 2. The van der Waals surface area contributed by atoms with E-state index in [-0.39, 0.29) is 29.4 Å². The fraction of sp³-hybridized carbons (Fsp3) is 0.286. The Morgan fingerprint density at radius 2 is 1.86 bits per heavy atom. The van der Waals surface area contributed by atoms with Crippen molar-refractivity contribution in [1.82, 2.24) is 14.9 Å². The summed E-state index contributed by atoms with van der Waals surface area (Å²) in [4.78, 5) is 34.7. The number of hydrogen-bond acceptors (Lipinski definition) is 8. The van der Waals surface area contributed by atoms with Crippen molar-refractivity contribution in [3.63, 3.8) is 0 Å². The quantitative estimate of drug-likeness (QED) is 0.296. The SMILES string of the molecule is C=CC(=O)Nc1cccc(Oc2nc(Nc3ccc(OC4CCN(C)CC4)cc3)c(C=O)nc2CC)c1. The number of piperidine rings is 1. The van der Waals surface area contributed by atoms with Gasteiger partial charge in [0.1, 0.15) is 29.0 Å². The molecule has 1 aliphatic heterocycles. The zero-order valence-electron chi connectivity index (χ0n) is 21.1. The zero-order valence-corrected chi connectivity index (χ0v) is 21.1. The monoisotopic (exact) mass is 501 g/mol. The Balaban J connectivity index is 1.51. The first kappa shape index (κ1) is 25.8. The molecule has 2 N–H and O–H groups in total. The summed E-state index contributed by atoms with van der Waals surface area (Å²) in [5.41, 5.74) is 2.01. The molecular formula is C28H31N5O4. The van der Waals surface area contributed by atoms with Crippen molar-refractivity contribution in [2.75, 3.05) is 30.8 Å². The van der Waals surface area contributed by atoms with Crippen molar-refractivity contribution in [3.05, 3.63) is 72.6 Å². The summed E-state index contributed by atoms with van der Waals surface area (Å²) in [7, 11) is 2.12. The maximum absolute atomic E-state index is 11.8. The van der Waals surface area contributed by atoms with Gasteiger partial charge in [-0.05, 0) is 68.8 Å². The summed E-state index contributed by atoms with van der Waals surface area (Å²) < 4.78 is 12.1. The molecule has 0 unspecified atom stereocenters. The van der Waals surface area contributed by atoms with Crippen molar-refractivity contribution in [2.24, 2.45) is 0 Å². The topological polar surface area (TPSA) is 106 Å². The highest BCUT2D eigenvalue weighted by Gasteiger charge is 2.18. The number of amides is 1. The predicted molar refractivity (Wildman–Crippen MR) is 143 cm³/mol. The molecule has 3 aromatic rings. The van der Waals surface area contributed by atoms with Crippen LogP contribution in [0, 0.1) is 0 Å². The number of likely N-dealkylation sites (tertiary alicyclic amines) is 1. The standard InChI is InChI=1S/C28H31N5O4/c1-4-24-28(37-23-8-6-7-20(17-23)29-26(35)5-2)32-27(25(18-34)31-24)30-19-9-11-21(12-10-19)36-22-13-15-33(3)16-14-22/h5-12,17-18,22H,2,4,13-16H2,1,3H3,(H,29,35)(H,30,32). The van der Waals surface area contributed by atoms with Crippen LogP contribution in [0.15, 0.2) is 61.2 Å². The van der Waals surface area contributed by atoms with Gasteiger partial charge >= 0.3 is 0 Å². The summed E-state index contributed by atoms with van der Waals surface area (Å²) in [6, 6.07) is 14.5. The predicted octanol–water partition coefficient (Wildman–Crippen LogP) is 4.98. The number of ether oxygens (including phenoxy) is 2. The maximum Gasteiger partial charge on any atom is 0.247 e. The van der Waals surface area contributed by atoms with Crippen LogP contribution in [0.3, 0.4) is 0 Å². The normalized spacial score (nSPS) is 14.0. The molecule has 0 aliphatic carbocycles. The largest absolute Gasteiger partial charge is 0.490 e. The van der Waals surface area contributed by atoms with Gasteiger partial charge in [0.15, 0.2) is 12.1 Å². The van der Waals surface area contributed by atoms with Crippen LogP contribution in [0.1, 0.15) is 35.9 Å². The number of carbonyl (C=O) groups is 2. The Hall–Kier alpha value is -4.24. The second kappa shape index (κ2) is 12.1. The molecule has 37 heavy (non-hydrogen) atoms. The number of benzene rings is 2. The molecule has 1 saturated heterocycles. The number of hydrogen-bond donors (Lipinski definition) is 2. The smallest absolute Gasteiger partial charge is 0.247 e. The minimum atomic E-state index is -0.323. The molecule has 0 atom stereocenters. The Kier molecular flexibility index (Phi) is 8.48. The summed E-state index contributed by atoms with van der Waals surface area (Å²) >= 11 is 0. The van der Waals surface area contributed by atoms with Crippen LogP contribution in [0.2, 0.25) is 0 Å². The highest BCUT2D eigenvalue weighted by molar-refractivity contribution is 5.98. The van der Waals surface area contributed by atoms with Crippen LogP contribution in [-0.2, 0) is 11.2 Å². The molecule has 2 heterocycles.